The van der Waals surface area contributed by atoms with Gasteiger partial charge in [0.1, 0.15) is 11.8 Å². The van der Waals surface area contributed by atoms with Gasteiger partial charge < -0.3 is 9.30 Å². The van der Waals surface area contributed by atoms with E-state index in [0.717, 1.165) is 23.2 Å². The summed E-state index contributed by atoms with van der Waals surface area (Å²) in [5, 5.41) is 10.2. The van der Waals surface area contributed by atoms with Crippen LogP contribution in [0.1, 0.15) is 11.1 Å². The minimum atomic E-state index is 0.676. The Bertz CT molecular complexity index is 782. The standard InChI is InChI=1S/C17H14N2O/c1-20-16-9-5-8-15-14(10-18)12-19(17(15)16)11-13-6-3-2-4-7-13/h2-9,12H,11H2,1H3. The minimum Gasteiger partial charge on any atom is -0.495 e. The fraction of sp³-hybridized carbons (Fsp3) is 0.118. The molecule has 0 saturated heterocycles. The van der Waals surface area contributed by atoms with Gasteiger partial charge in [0.05, 0.1) is 18.2 Å². The SMILES string of the molecule is COc1cccc2c(C#N)cn(Cc3ccccc3)c12. The molecule has 0 spiro atoms. The summed E-state index contributed by atoms with van der Waals surface area (Å²) in [5.41, 5.74) is 2.84. The lowest BCUT2D eigenvalue weighted by Gasteiger charge is -2.08. The molecule has 3 nitrogen and oxygen atoms in total. The number of ether oxygens (including phenoxy) is 1. The Hall–Kier alpha value is -2.73. The van der Waals surface area contributed by atoms with Crippen LogP contribution >= 0.6 is 0 Å². The summed E-state index contributed by atoms with van der Waals surface area (Å²) in [6, 6.07) is 18.2. The molecule has 3 heteroatoms. The van der Waals surface area contributed by atoms with Gasteiger partial charge in [-0.25, -0.2) is 0 Å². The zero-order valence-corrected chi connectivity index (χ0v) is 11.2. The first-order valence-corrected chi connectivity index (χ1v) is 6.43. The topological polar surface area (TPSA) is 37.9 Å². The average Bonchev–Trinajstić information content (AvgIpc) is 2.86. The molecular weight excluding hydrogens is 248 g/mol. The molecule has 0 N–H and O–H groups in total. The maximum atomic E-state index is 9.27. The van der Waals surface area contributed by atoms with E-state index in [0.29, 0.717) is 5.56 Å². The Morgan fingerprint density at radius 3 is 2.60 bits per heavy atom. The van der Waals surface area contributed by atoms with Crippen LogP contribution in [0.15, 0.2) is 54.7 Å². The largest absolute Gasteiger partial charge is 0.495 e. The lowest BCUT2D eigenvalue weighted by molar-refractivity contribution is 0.417. The number of hydrogen-bond acceptors (Lipinski definition) is 2. The molecule has 0 unspecified atom stereocenters. The van der Waals surface area contributed by atoms with Crippen LogP contribution < -0.4 is 4.74 Å². The monoisotopic (exact) mass is 262 g/mol. The van der Waals surface area contributed by atoms with E-state index in [9.17, 15) is 5.26 Å². The molecule has 0 aliphatic carbocycles. The summed E-state index contributed by atoms with van der Waals surface area (Å²) < 4.78 is 7.50. The number of benzene rings is 2. The van der Waals surface area contributed by atoms with Crippen molar-refractivity contribution in [3.63, 3.8) is 0 Å². The zero-order chi connectivity index (χ0) is 13.9. The first kappa shape index (κ1) is 12.3. The summed E-state index contributed by atoms with van der Waals surface area (Å²) >= 11 is 0. The van der Waals surface area contributed by atoms with Gasteiger partial charge in [-0.1, -0.05) is 42.5 Å². The van der Waals surface area contributed by atoms with E-state index in [2.05, 4.69) is 22.8 Å². The highest BCUT2D eigenvalue weighted by Crippen LogP contribution is 2.30. The highest BCUT2D eigenvalue weighted by molar-refractivity contribution is 5.91. The lowest BCUT2D eigenvalue weighted by atomic mass is 10.2. The predicted octanol–water partition coefficient (Wildman–Crippen LogP) is 3.57. The van der Waals surface area contributed by atoms with Crippen LogP contribution in [0.3, 0.4) is 0 Å². The molecule has 0 fully saturated rings. The molecule has 3 rings (SSSR count). The maximum absolute atomic E-state index is 9.27. The van der Waals surface area contributed by atoms with Crippen LogP contribution in [0.2, 0.25) is 0 Å². The quantitative estimate of drug-likeness (QED) is 0.723. The van der Waals surface area contributed by atoms with Crippen molar-refractivity contribution in [3.05, 3.63) is 65.9 Å². The van der Waals surface area contributed by atoms with Crippen LogP contribution in [0.25, 0.3) is 10.9 Å². The smallest absolute Gasteiger partial charge is 0.143 e. The van der Waals surface area contributed by atoms with Crippen molar-refractivity contribution in [3.8, 4) is 11.8 Å². The molecule has 0 saturated carbocycles. The van der Waals surface area contributed by atoms with Crippen molar-refractivity contribution < 1.29 is 4.74 Å². The molecule has 0 atom stereocenters. The zero-order valence-electron chi connectivity index (χ0n) is 11.2. The predicted molar refractivity (Wildman–Crippen MR) is 78.7 cm³/mol. The second-order valence-electron chi connectivity index (χ2n) is 4.62. The third kappa shape index (κ3) is 2.02. The van der Waals surface area contributed by atoms with Crippen molar-refractivity contribution in [2.45, 2.75) is 6.54 Å². The molecule has 2 aromatic carbocycles. The van der Waals surface area contributed by atoms with Crippen molar-refractivity contribution in [2.24, 2.45) is 0 Å². The number of nitriles is 1. The summed E-state index contributed by atoms with van der Waals surface area (Å²) in [6.07, 6.45) is 1.89. The Balaban J connectivity index is 2.18. The molecular formula is C17H14N2O. The Morgan fingerprint density at radius 1 is 1.10 bits per heavy atom. The van der Waals surface area contributed by atoms with Crippen molar-refractivity contribution in [2.75, 3.05) is 7.11 Å². The third-order valence-electron chi connectivity index (χ3n) is 3.40. The average molecular weight is 262 g/mol. The Morgan fingerprint density at radius 2 is 1.90 bits per heavy atom. The number of aromatic nitrogens is 1. The van der Waals surface area contributed by atoms with Crippen LogP contribution in [0.5, 0.6) is 5.75 Å². The van der Waals surface area contributed by atoms with Crippen LogP contribution in [-0.2, 0) is 6.54 Å². The van der Waals surface area contributed by atoms with Gasteiger partial charge in [0.15, 0.2) is 0 Å². The molecule has 98 valence electrons. The number of nitrogens with zero attached hydrogens (tertiary/aromatic N) is 2. The fourth-order valence-electron chi connectivity index (χ4n) is 2.48. The summed E-state index contributed by atoms with van der Waals surface area (Å²) in [5.74, 6) is 0.792. The van der Waals surface area contributed by atoms with Crippen LogP contribution in [0.4, 0.5) is 0 Å². The Labute approximate surface area is 117 Å². The van der Waals surface area contributed by atoms with E-state index in [1.807, 2.05) is 42.6 Å². The summed E-state index contributed by atoms with van der Waals surface area (Å²) in [7, 11) is 1.65. The van der Waals surface area contributed by atoms with Gasteiger partial charge in [-0.3, -0.25) is 0 Å². The number of hydrogen-bond donors (Lipinski definition) is 0. The Kier molecular flexibility index (Phi) is 3.14. The first-order chi connectivity index (χ1) is 9.83. The van der Waals surface area contributed by atoms with E-state index in [1.165, 1.54) is 5.56 Å². The van der Waals surface area contributed by atoms with Gasteiger partial charge in [-0.2, -0.15) is 5.26 Å². The van der Waals surface area contributed by atoms with Gasteiger partial charge in [0, 0.05) is 18.1 Å². The molecule has 0 amide bonds. The summed E-state index contributed by atoms with van der Waals surface area (Å²) in [4.78, 5) is 0. The molecule has 0 radical (unpaired) electrons. The van der Waals surface area contributed by atoms with E-state index < -0.39 is 0 Å². The van der Waals surface area contributed by atoms with Crippen LogP contribution in [0, 0.1) is 11.3 Å². The van der Waals surface area contributed by atoms with Crippen molar-refractivity contribution in [1.82, 2.24) is 4.57 Å². The van der Waals surface area contributed by atoms with Gasteiger partial charge in [0.25, 0.3) is 0 Å². The molecule has 1 aromatic heterocycles. The first-order valence-electron chi connectivity index (χ1n) is 6.43. The van der Waals surface area contributed by atoms with E-state index in [1.54, 1.807) is 7.11 Å². The summed E-state index contributed by atoms with van der Waals surface area (Å²) in [6.45, 7) is 0.722. The lowest BCUT2D eigenvalue weighted by Crippen LogP contribution is -1.99. The van der Waals surface area contributed by atoms with Gasteiger partial charge in [0.2, 0.25) is 0 Å². The van der Waals surface area contributed by atoms with Gasteiger partial charge >= 0.3 is 0 Å². The highest BCUT2D eigenvalue weighted by Gasteiger charge is 2.12. The van der Waals surface area contributed by atoms with E-state index in [-0.39, 0.29) is 0 Å². The highest BCUT2D eigenvalue weighted by atomic mass is 16.5. The van der Waals surface area contributed by atoms with E-state index in [4.69, 9.17) is 4.74 Å². The minimum absolute atomic E-state index is 0.676. The normalized spacial score (nSPS) is 10.4. The molecule has 0 aliphatic heterocycles. The second kappa shape index (κ2) is 5.10. The van der Waals surface area contributed by atoms with Crippen molar-refractivity contribution in [1.29, 1.82) is 5.26 Å². The molecule has 0 aliphatic rings. The molecule has 3 aromatic rings. The molecule has 20 heavy (non-hydrogen) atoms. The molecule has 0 bridgehead atoms. The number of methoxy groups -OCH3 is 1. The van der Waals surface area contributed by atoms with Crippen LogP contribution in [-0.4, -0.2) is 11.7 Å². The maximum Gasteiger partial charge on any atom is 0.143 e. The van der Waals surface area contributed by atoms with Gasteiger partial charge in [-0.15, -0.1) is 0 Å². The number of rotatable bonds is 3. The molecule has 1 heterocycles. The fourth-order valence-corrected chi connectivity index (χ4v) is 2.48. The number of para-hydroxylation sites is 1. The van der Waals surface area contributed by atoms with Gasteiger partial charge in [-0.05, 0) is 11.6 Å². The van der Waals surface area contributed by atoms with E-state index >= 15 is 0 Å². The second-order valence-corrected chi connectivity index (χ2v) is 4.62. The number of fused-ring (bicyclic) bond motifs is 1. The third-order valence-corrected chi connectivity index (χ3v) is 3.40. The van der Waals surface area contributed by atoms with Crippen molar-refractivity contribution >= 4 is 10.9 Å².